The fourth-order valence-electron chi connectivity index (χ4n) is 2.47. The van der Waals surface area contributed by atoms with Crippen molar-refractivity contribution >= 4 is 0 Å². The maximum absolute atomic E-state index is 10.2. The maximum atomic E-state index is 10.2. The zero-order valence-electron chi connectivity index (χ0n) is 11.2. The molecule has 1 aromatic rings. The van der Waals surface area contributed by atoms with Gasteiger partial charge < -0.3 is 9.84 Å². The van der Waals surface area contributed by atoms with E-state index in [-0.39, 0.29) is 0 Å². The standard InChI is InChI=1S/C14H22N2O2/c1-10-9-13(11(2)16-15-10)14(17)7-3-5-12-6-4-8-18-12/h9,12,14,17H,3-8H2,1-2H3. The van der Waals surface area contributed by atoms with Crippen molar-refractivity contribution < 1.29 is 9.84 Å². The van der Waals surface area contributed by atoms with Crippen LogP contribution in [0.1, 0.15) is 55.2 Å². The molecule has 4 heteroatoms. The van der Waals surface area contributed by atoms with E-state index in [2.05, 4.69) is 10.2 Å². The van der Waals surface area contributed by atoms with Crippen molar-refractivity contribution in [2.45, 2.75) is 58.2 Å². The molecular weight excluding hydrogens is 228 g/mol. The van der Waals surface area contributed by atoms with Crippen LogP contribution in [0.3, 0.4) is 0 Å². The predicted octanol–water partition coefficient (Wildman–Crippen LogP) is 2.48. The van der Waals surface area contributed by atoms with Crippen LogP contribution in [0.4, 0.5) is 0 Å². The summed E-state index contributed by atoms with van der Waals surface area (Å²) in [5.41, 5.74) is 2.59. The SMILES string of the molecule is Cc1cc(C(O)CCCC2CCCO2)c(C)nn1. The first-order valence-corrected chi connectivity index (χ1v) is 6.77. The fourth-order valence-corrected chi connectivity index (χ4v) is 2.47. The van der Waals surface area contributed by atoms with Gasteiger partial charge in [-0.25, -0.2) is 0 Å². The highest BCUT2D eigenvalue weighted by molar-refractivity contribution is 5.22. The Balaban J connectivity index is 1.83. The molecule has 1 fully saturated rings. The van der Waals surface area contributed by atoms with Gasteiger partial charge in [-0.1, -0.05) is 0 Å². The van der Waals surface area contributed by atoms with E-state index in [0.717, 1.165) is 42.8 Å². The first-order chi connectivity index (χ1) is 8.66. The number of aliphatic hydroxyl groups is 1. The van der Waals surface area contributed by atoms with Gasteiger partial charge in [0.15, 0.2) is 0 Å². The van der Waals surface area contributed by atoms with Gasteiger partial charge in [0.1, 0.15) is 0 Å². The van der Waals surface area contributed by atoms with Gasteiger partial charge in [0.2, 0.25) is 0 Å². The van der Waals surface area contributed by atoms with Gasteiger partial charge in [0.25, 0.3) is 0 Å². The highest BCUT2D eigenvalue weighted by Crippen LogP contribution is 2.24. The molecule has 2 heterocycles. The Labute approximate surface area is 108 Å². The number of rotatable bonds is 5. The van der Waals surface area contributed by atoms with Crippen molar-refractivity contribution in [1.29, 1.82) is 0 Å². The van der Waals surface area contributed by atoms with Gasteiger partial charge in [0, 0.05) is 12.2 Å². The summed E-state index contributed by atoms with van der Waals surface area (Å²) in [6, 6.07) is 1.93. The molecule has 1 saturated heterocycles. The Morgan fingerprint density at radius 2 is 2.28 bits per heavy atom. The lowest BCUT2D eigenvalue weighted by molar-refractivity contribution is 0.0943. The van der Waals surface area contributed by atoms with E-state index >= 15 is 0 Å². The van der Waals surface area contributed by atoms with Gasteiger partial charge in [-0.15, -0.1) is 0 Å². The molecule has 1 aliphatic rings. The molecular formula is C14H22N2O2. The molecule has 0 spiro atoms. The summed E-state index contributed by atoms with van der Waals surface area (Å²) < 4.78 is 5.58. The largest absolute Gasteiger partial charge is 0.388 e. The average molecular weight is 250 g/mol. The number of aromatic nitrogens is 2. The van der Waals surface area contributed by atoms with E-state index < -0.39 is 6.10 Å². The summed E-state index contributed by atoms with van der Waals surface area (Å²) in [5, 5.41) is 18.2. The molecule has 0 aliphatic carbocycles. The van der Waals surface area contributed by atoms with Crippen LogP contribution in [0, 0.1) is 13.8 Å². The second-order valence-electron chi connectivity index (χ2n) is 5.11. The molecule has 0 aromatic carbocycles. The normalized spacial score (nSPS) is 21.2. The Morgan fingerprint density at radius 3 is 3.00 bits per heavy atom. The van der Waals surface area contributed by atoms with Gasteiger partial charge in [-0.2, -0.15) is 10.2 Å². The molecule has 0 radical (unpaired) electrons. The zero-order chi connectivity index (χ0) is 13.0. The second kappa shape index (κ2) is 6.25. The number of hydrogen-bond acceptors (Lipinski definition) is 4. The van der Waals surface area contributed by atoms with E-state index in [0.29, 0.717) is 6.10 Å². The van der Waals surface area contributed by atoms with Gasteiger partial charge in [-0.3, -0.25) is 0 Å². The van der Waals surface area contributed by atoms with Crippen molar-refractivity contribution in [3.05, 3.63) is 23.0 Å². The van der Waals surface area contributed by atoms with Crippen LogP contribution in [0.25, 0.3) is 0 Å². The Kier molecular flexibility index (Phi) is 4.66. The minimum atomic E-state index is -0.430. The summed E-state index contributed by atoms with van der Waals surface area (Å²) in [4.78, 5) is 0. The van der Waals surface area contributed by atoms with Crippen molar-refractivity contribution in [2.24, 2.45) is 0 Å². The molecule has 1 aliphatic heterocycles. The molecule has 0 amide bonds. The molecule has 0 saturated carbocycles. The number of hydrogen-bond donors (Lipinski definition) is 1. The van der Waals surface area contributed by atoms with Gasteiger partial charge >= 0.3 is 0 Å². The van der Waals surface area contributed by atoms with E-state index in [1.807, 2.05) is 19.9 Å². The third-order valence-electron chi connectivity index (χ3n) is 3.53. The number of nitrogens with zero attached hydrogens (tertiary/aromatic N) is 2. The van der Waals surface area contributed by atoms with Crippen LogP contribution in [0.2, 0.25) is 0 Å². The molecule has 0 bridgehead atoms. The molecule has 1 aromatic heterocycles. The third-order valence-corrected chi connectivity index (χ3v) is 3.53. The number of ether oxygens (including phenoxy) is 1. The van der Waals surface area contributed by atoms with Gasteiger partial charge in [0.05, 0.1) is 23.6 Å². The zero-order valence-corrected chi connectivity index (χ0v) is 11.2. The fraction of sp³-hybridized carbons (Fsp3) is 0.714. The molecule has 4 nitrogen and oxygen atoms in total. The second-order valence-corrected chi connectivity index (χ2v) is 5.11. The highest BCUT2D eigenvalue weighted by atomic mass is 16.5. The van der Waals surface area contributed by atoms with E-state index in [1.165, 1.54) is 12.8 Å². The Bertz CT molecular complexity index is 389. The van der Waals surface area contributed by atoms with Crippen molar-refractivity contribution in [3.8, 4) is 0 Å². The van der Waals surface area contributed by atoms with E-state index in [4.69, 9.17) is 4.74 Å². The van der Waals surface area contributed by atoms with Crippen molar-refractivity contribution in [3.63, 3.8) is 0 Å². The molecule has 2 rings (SSSR count). The minimum absolute atomic E-state index is 0.413. The summed E-state index contributed by atoms with van der Waals surface area (Å²) >= 11 is 0. The summed E-state index contributed by atoms with van der Waals surface area (Å²) in [6.07, 6.45) is 5.15. The first kappa shape index (κ1) is 13.4. The summed E-state index contributed by atoms with van der Waals surface area (Å²) in [7, 11) is 0. The molecule has 1 N–H and O–H groups in total. The van der Waals surface area contributed by atoms with Crippen molar-refractivity contribution in [1.82, 2.24) is 10.2 Å². The summed E-state index contributed by atoms with van der Waals surface area (Å²) in [5.74, 6) is 0. The lowest BCUT2D eigenvalue weighted by atomic mass is 10.0. The molecule has 2 atom stereocenters. The van der Waals surface area contributed by atoms with Crippen LogP contribution in [0.5, 0.6) is 0 Å². The van der Waals surface area contributed by atoms with Crippen LogP contribution >= 0.6 is 0 Å². The van der Waals surface area contributed by atoms with E-state index in [1.54, 1.807) is 0 Å². The van der Waals surface area contributed by atoms with Gasteiger partial charge in [-0.05, 0) is 52.0 Å². The van der Waals surface area contributed by atoms with Crippen LogP contribution in [0.15, 0.2) is 6.07 Å². The van der Waals surface area contributed by atoms with Crippen molar-refractivity contribution in [2.75, 3.05) is 6.61 Å². The number of aliphatic hydroxyl groups excluding tert-OH is 1. The maximum Gasteiger partial charge on any atom is 0.0808 e. The molecule has 100 valence electrons. The average Bonchev–Trinajstić information content (AvgIpc) is 2.85. The predicted molar refractivity (Wildman–Crippen MR) is 69.3 cm³/mol. The molecule has 2 unspecified atom stereocenters. The minimum Gasteiger partial charge on any atom is -0.388 e. The lowest BCUT2D eigenvalue weighted by Gasteiger charge is -2.14. The number of aryl methyl sites for hydroxylation is 2. The van der Waals surface area contributed by atoms with Crippen LogP contribution < -0.4 is 0 Å². The van der Waals surface area contributed by atoms with E-state index in [9.17, 15) is 5.11 Å². The quantitative estimate of drug-likeness (QED) is 0.872. The van der Waals surface area contributed by atoms with Crippen LogP contribution in [-0.2, 0) is 4.74 Å². The summed E-state index contributed by atoms with van der Waals surface area (Å²) in [6.45, 7) is 4.69. The monoisotopic (exact) mass is 250 g/mol. The van der Waals surface area contributed by atoms with Crippen LogP contribution in [-0.4, -0.2) is 28.0 Å². The Hall–Kier alpha value is -1.00. The third kappa shape index (κ3) is 3.50. The first-order valence-electron chi connectivity index (χ1n) is 6.77. The lowest BCUT2D eigenvalue weighted by Crippen LogP contribution is -2.08. The highest BCUT2D eigenvalue weighted by Gasteiger charge is 2.17. The molecule has 18 heavy (non-hydrogen) atoms. The topological polar surface area (TPSA) is 55.2 Å². The Morgan fingerprint density at radius 1 is 1.44 bits per heavy atom. The smallest absolute Gasteiger partial charge is 0.0808 e.